The third-order valence-corrected chi connectivity index (χ3v) is 5.20. The van der Waals surface area contributed by atoms with E-state index in [9.17, 15) is 31.1 Å². The van der Waals surface area contributed by atoms with Gasteiger partial charge in [0.1, 0.15) is 12.3 Å². The van der Waals surface area contributed by atoms with Crippen molar-refractivity contribution >= 4 is 5.91 Å². The highest BCUT2D eigenvalue weighted by Crippen LogP contribution is 2.39. The number of carbonyl (C=O) groups excluding carboxylic acids is 1. The Morgan fingerprint density at radius 1 is 1.07 bits per heavy atom. The van der Waals surface area contributed by atoms with Gasteiger partial charge in [0, 0.05) is 6.04 Å². The van der Waals surface area contributed by atoms with E-state index < -0.39 is 54.3 Å². The van der Waals surface area contributed by atoms with E-state index in [2.05, 4.69) is 16.1 Å². The number of amides is 1. The molecule has 3 rings (SSSR count). The molecule has 6 nitrogen and oxygen atoms in total. The number of halogens is 6. The third kappa shape index (κ3) is 4.20. The van der Waals surface area contributed by atoms with Crippen molar-refractivity contribution in [3.63, 3.8) is 0 Å². The van der Waals surface area contributed by atoms with Crippen LogP contribution in [0.25, 0.3) is 0 Å². The van der Waals surface area contributed by atoms with Crippen LogP contribution in [0.4, 0.5) is 26.3 Å². The van der Waals surface area contributed by atoms with Gasteiger partial charge in [-0.1, -0.05) is 12.1 Å². The molecular weight excluding hydrogens is 404 g/mol. The van der Waals surface area contributed by atoms with Gasteiger partial charge in [0.2, 0.25) is 5.91 Å². The molecule has 0 aromatic heterocycles. The fourth-order valence-electron chi connectivity index (χ4n) is 3.61. The zero-order valence-electron chi connectivity index (χ0n) is 15.8. The predicted molar refractivity (Wildman–Crippen MR) is 90.7 cm³/mol. The maximum Gasteiger partial charge on any atom is 0.416 e. The van der Waals surface area contributed by atoms with Crippen molar-refractivity contribution in [2.24, 2.45) is 5.92 Å². The van der Waals surface area contributed by atoms with E-state index in [0.29, 0.717) is 5.56 Å². The van der Waals surface area contributed by atoms with Crippen molar-refractivity contribution in [1.82, 2.24) is 26.0 Å². The average molecular weight is 425 g/mol. The smallest absolute Gasteiger partial charge is 0.327 e. The van der Waals surface area contributed by atoms with Crippen LogP contribution in [0.2, 0.25) is 0 Å². The second kappa shape index (κ2) is 7.42. The first-order valence-electron chi connectivity index (χ1n) is 8.82. The van der Waals surface area contributed by atoms with Crippen LogP contribution in [0.3, 0.4) is 0 Å². The molecule has 2 heterocycles. The number of nitrogens with zero attached hydrogens (tertiary/aromatic N) is 2. The molecule has 0 spiro atoms. The number of alkyl halides is 6. The highest BCUT2D eigenvalue weighted by atomic mass is 19.4. The third-order valence-electron chi connectivity index (χ3n) is 5.20. The Labute approximate surface area is 163 Å². The van der Waals surface area contributed by atoms with Crippen molar-refractivity contribution in [2.45, 2.75) is 43.8 Å². The quantitative estimate of drug-likeness (QED) is 0.647. The lowest BCUT2D eigenvalue weighted by molar-refractivity contribution is -0.171. The van der Waals surface area contributed by atoms with E-state index in [1.54, 1.807) is 25.9 Å². The number of carbonyl (C=O) groups is 1. The Hall–Kier alpha value is -1.89. The molecule has 2 saturated heterocycles. The molecule has 2 fully saturated rings. The van der Waals surface area contributed by atoms with Gasteiger partial charge >= 0.3 is 12.4 Å². The molecule has 4 unspecified atom stereocenters. The lowest BCUT2D eigenvalue weighted by Gasteiger charge is -2.41. The SMILES string of the molecule is C[C@@H](c1ccc(C(F)(F)F)cc1)N1NC(C(F)(F)F)C2C(=O)NC(N(C)C)NC21. The van der Waals surface area contributed by atoms with Crippen LogP contribution in [-0.4, -0.2) is 54.6 Å². The molecule has 1 aromatic carbocycles. The van der Waals surface area contributed by atoms with Crippen LogP contribution in [-0.2, 0) is 11.0 Å². The normalized spacial score (nSPS) is 29.7. The van der Waals surface area contributed by atoms with Crippen molar-refractivity contribution in [2.75, 3.05) is 14.1 Å². The number of nitrogens with one attached hydrogen (secondary N) is 3. The van der Waals surface area contributed by atoms with Gasteiger partial charge < -0.3 is 5.32 Å². The summed E-state index contributed by atoms with van der Waals surface area (Å²) in [7, 11) is 3.29. The van der Waals surface area contributed by atoms with Gasteiger partial charge in [0.15, 0.2) is 0 Å². The zero-order chi connectivity index (χ0) is 21.7. The molecule has 1 aromatic rings. The van der Waals surface area contributed by atoms with Crippen molar-refractivity contribution in [1.29, 1.82) is 0 Å². The van der Waals surface area contributed by atoms with Crippen LogP contribution in [0.15, 0.2) is 24.3 Å². The van der Waals surface area contributed by atoms with Crippen molar-refractivity contribution in [3.05, 3.63) is 35.4 Å². The van der Waals surface area contributed by atoms with Gasteiger partial charge in [-0.2, -0.15) is 26.3 Å². The molecule has 1 amide bonds. The summed E-state index contributed by atoms with van der Waals surface area (Å²) in [5.41, 5.74) is 1.88. The monoisotopic (exact) mass is 425 g/mol. The minimum atomic E-state index is -4.69. The van der Waals surface area contributed by atoms with E-state index in [1.807, 2.05) is 0 Å². The molecular formula is C17H21F6N5O. The van der Waals surface area contributed by atoms with Crippen LogP contribution in [0.1, 0.15) is 24.1 Å². The average Bonchev–Trinajstić information content (AvgIpc) is 3.01. The summed E-state index contributed by atoms with van der Waals surface area (Å²) >= 11 is 0. The highest BCUT2D eigenvalue weighted by Gasteiger charge is 2.60. The van der Waals surface area contributed by atoms with E-state index in [4.69, 9.17) is 0 Å². The van der Waals surface area contributed by atoms with Crippen LogP contribution < -0.4 is 16.1 Å². The van der Waals surface area contributed by atoms with E-state index in [1.165, 1.54) is 17.1 Å². The second-order valence-corrected chi connectivity index (χ2v) is 7.36. The molecule has 2 aliphatic heterocycles. The Morgan fingerprint density at radius 2 is 1.66 bits per heavy atom. The number of benzene rings is 1. The largest absolute Gasteiger partial charge is 0.416 e. The molecule has 3 N–H and O–H groups in total. The van der Waals surface area contributed by atoms with Gasteiger partial charge in [0.25, 0.3) is 0 Å². The molecule has 0 aliphatic carbocycles. The molecule has 5 atom stereocenters. The standard InChI is InChI=1S/C17H21F6N5O/c1-8(9-4-6-10(7-5-9)16(18,19)20)28-13-11(12(26-28)17(21,22)23)14(29)25-15(24-13)27(2)3/h4-8,11-13,15,24,26H,1-3H3,(H,25,29)/t8-,11?,12?,13?,15?/m0/s1. The highest BCUT2D eigenvalue weighted by molar-refractivity contribution is 5.81. The molecule has 29 heavy (non-hydrogen) atoms. The molecule has 0 bridgehead atoms. The fourth-order valence-corrected chi connectivity index (χ4v) is 3.61. The molecule has 2 aliphatic rings. The topological polar surface area (TPSA) is 59.6 Å². The lowest BCUT2D eigenvalue weighted by Crippen LogP contribution is -2.68. The summed E-state index contributed by atoms with van der Waals surface area (Å²) in [5.74, 6) is -2.22. The molecule has 0 radical (unpaired) electrons. The Kier molecular flexibility index (Phi) is 5.58. The number of hydrogen-bond acceptors (Lipinski definition) is 5. The maximum absolute atomic E-state index is 13.6. The van der Waals surface area contributed by atoms with E-state index in [0.717, 1.165) is 12.1 Å². The minimum absolute atomic E-state index is 0.376. The first kappa shape index (κ1) is 21.8. The maximum atomic E-state index is 13.6. The summed E-state index contributed by atoms with van der Waals surface area (Å²) in [5, 5.41) is 6.71. The summed E-state index contributed by atoms with van der Waals surface area (Å²) in [6.07, 6.45) is -10.9. The van der Waals surface area contributed by atoms with Crippen LogP contribution in [0, 0.1) is 5.92 Å². The first-order chi connectivity index (χ1) is 13.3. The van der Waals surface area contributed by atoms with Crippen LogP contribution >= 0.6 is 0 Å². The lowest BCUT2D eigenvalue weighted by atomic mass is 9.94. The van der Waals surface area contributed by atoms with Crippen LogP contribution in [0.5, 0.6) is 0 Å². The number of fused-ring (bicyclic) bond motifs is 1. The van der Waals surface area contributed by atoms with Crippen molar-refractivity contribution < 1.29 is 31.1 Å². The van der Waals surface area contributed by atoms with Gasteiger partial charge in [-0.15, -0.1) is 0 Å². The minimum Gasteiger partial charge on any atom is -0.327 e. The first-order valence-corrected chi connectivity index (χ1v) is 8.82. The number of hydrazine groups is 1. The van der Waals surface area contributed by atoms with E-state index in [-0.39, 0.29) is 0 Å². The predicted octanol–water partition coefficient (Wildman–Crippen LogP) is 2.02. The number of rotatable bonds is 3. The number of hydrogen-bond donors (Lipinski definition) is 3. The van der Waals surface area contributed by atoms with Crippen molar-refractivity contribution in [3.8, 4) is 0 Å². The summed E-state index contributed by atoms with van der Waals surface area (Å²) < 4.78 is 79.0. The summed E-state index contributed by atoms with van der Waals surface area (Å²) in [6.45, 7) is 1.56. The molecule has 0 saturated carbocycles. The zero-order valence-corrected chi connectivity index (χ0v) is 15.8. The van der Waals surface area contributed by atoms with Gasteiger partial charge in [-0.3, -0.25) is 15.0 Å². The second-order valence-electron chi connectivity index (χ2n) is 7.36. The fraction of sp³-hybridized carbons (Fsp3) is 0.588. The van der Waals surface area contributed by atoms with Gasteiger partial charge in [-0.05, 0) is 38.7 Å². The molecule has 162 valence electrons. The Balaban J connectivity index is 1.91. The Morgan fingerprint density at radius 3 is 2.14 bits per heavy atom. The molecule has 12 heteroatoms. The van der Waals surface area contributed by atoms with Gasteiger partial charge in [-0.25, -0.2) is 10.4 Å². The van der Waals surface area contributed by atoms with E-state index >= 15 is 0 Å². The van der Waals surface area contributed by atoms with Gasteiger partial charge in [0.05, 0.1) is 17.6 Å². The summed E-state index contributed by atoms with van der Waals surface area (Å²) in [6, 6.07) is 1.34. The summed E-state index contributed by atoms with van der Waals surface area (Å²) in [4.78, 5) is 14.0. The Bertz CT molecular complexity index is 750.